The molecule has 0 aliphatic carbocycles. The largest absolute Gasteiger partial charge is 0.330 e. The van der Waals surface area contributed by atoms with E-state index in [4.69, 9.17) is 5.73 Å². The predicted octanol–water partition coefficient (Wildman–Crippen LogP) is 3.55. The van der Waals surface area contributed by atoms with Crippen molar-refractivity contribution >= 4 is 0 Å². The maximum Gasteiger partial charge on any atom is 0.0107 e. The molecule has 1 saturated heterocycles. The van der Waals surface area contributed by atoms with Crippen LogP contribution in [0.15, 0.2) is 0 Å². The van der Waals surface area contributed by atoms with Crippen LogP contribution in [0.2, 0.25) is 0 Å². The van der Waals surface area contributed by atoms with Gasteiger partial charge in [-0.15, -0.1) is 0 Å². The van der Waals surface area contributed by atoms with Crippen LogP contribution < -0.4 is 5.73 Å². The summed E-state index contributed by atoms with van der Waals surface area (Å²) < 4.78 is 0. The third-order valence-electron chi connectivity index (χ3n) is 4.05. The molecule has 0 aromatic rings. The number of hydrogen-bond acceptors (Lipinski definition) is 2. The Bertz CT molecular complexity index is 168. The van der Waals surface area contributed by atoms with Crippen molar-refractivity contribution in [2.24, 2.45) is 5.73 Å². The first-order valence-electron chi connectivity index (χ1n) is 7.82. The third kappa shape index (κ3) is 6.42. The molecule has 0 aromatic carbocycles. The average Bonchev–Trinajstić information content (AvgIpc) is 2.36. The van der Waals surface area contributed by atoms with Gasteiger partial charge in [0.15, 0.2) is 0 Å². The van der Waals surface area contributed by atoms with Crippen molar-refractivity contribution in [3.8, 4) is 0 Å². The van der Waals surface area contributed by atoms with E-state index in [9.17, 15) is 0 Å². The quantitative estimate of drug-likeness (QED) is 0.625. The number of likely N-dealkylation sites (tertiary alicyclic amines) is 1. The van der Waals surface area contributed by atoms with E-state index in [2.05, 4.69) is 11.8 Å². The molecule has 1 rings (SSSR count). The predicted molar refractivity (Wildman–Crippen MR) is 76.3 cm³/mol. The molecule has 0 spiro atoms. The van der Waals surface area contributed by atoms with Crippen LogP contribution >= 0.6 is 0 Å². The molecule has 1 unspecified atom stereocenters. The Morgan fingerprint density at radius 3 is 2.59 bits per heavy atom. The van der Waals surface area contributed by atoms with Gasteiger partial charge in [-0.3, -0.25) is 0 Å². The second-order valence-electron chi connectivity index (χ2n) is 5.53. The molecule has 0 radical (unpaired) electrons. The van der Waals surface area contributed by atoms with Crippen LogP contribution in [0.5, 0.6) is 0 Å². The van der Waals surface area contributed by atoms with Crippen LogP contribution in [0, 0.1) is 0 Å². The lowest BCUT2D eigenvalue weighted by atomic mass is 9.99. The Morgan fingerprint density at radius 1 is 1.06 bits per heavy atom. The monoisotopic (exact) mass is 240 g/mol. The van der Waals surface area contributed by atoms with Gasteiger partial charge in [0.05, 0.1) is 0 Å². The molecule has 2 nitrogen and oxygen atoms in total. The van der Waals surface area contributed by atoms with Gasteiger partial charge in [-0.25, -0.2) is 0 Å². The van der Waals surface area contributed by atoms with E-state index in [0.717, 1.165) is 12.6 Å². The molecule has 17 heavy (non-hydrogen) atoms. The SMILES string of the molecule is CCCCCCCCN1CCCCC1CCN. The van der Waals surface area contributed by atoms with E-state index < -0.39 is 0 Å². The summed E-state index contributed by atoms with van der Waals surface area (Å²) >= 11 is 0. The Labute approximate surface area is 108 Å². The molecule has 1 aliphatic rings. The highest BCUT2D eigenvalue weighted by Gasteiger charge is 2.20. The van der Waals surface area contributed by atoms with E-state index >= 15 is 0 Å². The van der Waals surface area contributed by atoms with E-state index in [1.165, 1.54) is 77.3 Å². The first kappa shape index (κ1) is 15.0. The van der Waals surface area contributed by atoms with Gasteiger partial charge in [0.2, 0.25) is 0 Å². The lowest BCUT2D eigenvalue weighted by molar-refractivity contribution is 0.139. The topological polar surface area (TPSA) is 29.3 Å². The van der Waals surface area contributed by atoms with Crippen molar-refractivity contribution in [2.45, 2.75) is 77.2 Å². The number of piperidine rings is 1. The molecule has 0 saturated carbocycles. The normalized spacial score (nSPS) is 21.9. The fourth-order valence-corrected chi connectivity index (χ4v) is 2.97. The summed E-state index contributed by atoms with van der Waals surface area (Å²) in [5.41, 5.74) is 5.70. The zero-order valence-corrected chi connectivity index (χ0v) is 11.8. The fourth-order valence-electron chi connectivity index (χ4n) is 2.97. The Kier molecular flexibility index (Phi) is 8.72. The highest BCUT2D eigenvalue weighted by molar-refractivity contribution is 4.77. The molecular formula is C15H32N2. The molecule has 0 aromatic heterocycles. The second kappa shape index (κ2) is 9.90. The van der Waals surface area contributed by atoms with Gasteiger partial charge in [0.25, 0.3) is 0 Å². The minimum absolute atomic E-state index is 0.796. The smallest absolute Gasteiger partial charge is 0.0107 e. The lowest BCUT2D eigenvalue weighted by Crippen LogP contribution is -2.41. The highest BCUT2D eigenvalue weighted by atomic mass is 15.2. The Morgan fingerprint density at radius 2 is 1.82 bits per heavy atom. The highest BCUT2D eigenvalue weighted by Crippen LogP contribution is 2.20. The van der Waals surface area contributed by atoms with E-state index in [0.29, 0.717) is 0 Å². The summed E-state index contributed by atoms with van der Waals surface area (Å²) in [6, 6.07) is 0.796. The molecule has 2 heteroatoms. The van der Waals surface area contributed by atoms with Gasteiger partial charge in [-0.05, 0) is 45.3 Å². The molecule has 1 aliphatic heterocycles. The van der Waals surface area contributed by atoms with Crippen molar-refractivity contribution in [3.63, 3.8) is 0 Å². The number of hydrogen-bond donors (Lipinski definition) is 1. The number of nitrogens with zero attached hydrogens (tertiary/aromatic N) is 1. The molecular weight excluding hydrogens is 208 g/mol. The van der Waals surface area contributed by atoms with Crippen molar-refractivity contribution in [1.82, 2.24) is 4.90 Å². The van der Waals surface area contributed by atoms with Gasteiger partial charge < -0.3 is 10.6 Å². The lowest BCUT2D eigenvalue weighted by Gasteiger charge is -2.35. The van der Waals surface area contributed by atoms with Crippen LogP contribution in [0.4, 0.5) is 0 Å². The minimum Gasteiger partial charge on any atom is -0.330 e. The molecule has 1 atom stereocenters. The zero-order chi connectivity index (χ0) is 12.3. The van der Waals surface area contributed by atoms with E-state index in [1.54, 1.807) is 0 Å². The number of nitrogens with two attached hydrogens (primary N) is 1. The molecule has 2 N–H and O–H groups in total. The summed E-state index contributed by atoms with van der Waals surface area (Å²) in [6.45, 7) is 5.78. The van der Waals surface area contributed by atoms with Crippen molar-refractivity contribution in [3.05, 3.63) is 0 Å². The van der Waals surface area contributed by atoms with Crippen LogP contribution in [0.25, 0.3) is 0 Å². The van der Waals surface area contributed by atoms with Gasteiger partial charge >= 0.3 is 0 Å². The number of rotatable bonds is 9. The molecule has 0 amide bonds. The molecule has 1 heterocycles. The van der Waals surface area contributed by atoms with Crippen LogP contribution in [-0.2, 0) is 0 Å². The maximum absolute atomic E-state index is 5.70. The van der Waals surface area contributed by atoms with Crippen molar-refractivity contribution < 1.29 is 0 Å². The van der Waals surface area contributed by atoms with Gasteiger partial charge in [-0.2, -0.15) is 0 Å². The minimum atomic E-state index is 0.796. The third-order valence-corrected chi connectivity index (χ3v) is 4.05. The number of unbranched alkanes of at least 4 members (excludes halogenated alkanes) is 5. The van der Waals surface area contributed by atoms with E-state index in [-0.39, 0.29) is 0 Å². The Balaban J connectivity index is 2.06. The van der Waals surface area contributed by atoms with Gasteiger partial charge in [0.1, 0.15) is 0 Å². The summed E-state index contributed by atoms with van der Waals surface area (Å²) in [5.74, 6) is 0. The first-order chi connectivity index (χ1) is 8.38. The maximum atomic E-state index is 5.70. The van der Waals surface area contributed by atoms with Crippen molar-refractivity contribution in [2.75, 3.05) is 19.6 Å². The standard InChI is InChI=1S/C15H32N2/c1-2-3-4-5-6-8-13-17-14-9-7-10-15(17)11-12-16/h15H,2-14,16H2,1H3. The van der Waals surface area contributed by atoms with Crippen molar-refractivity contribution in [1.29, 1.82) is 0 Å². The summed E-state index contributed by atoms with van der Waals surface area (Å²) in [7, 11) is 0. The molecule has 102 valence electrons. The molecule has 1 fully saturated rings. The van der Waals surface area contributed by atoms with Crippen LogP contribution in [-0.4, -0.2) is 30.6 Å². The fraction of sp³-hybridized carbons (Fsp3) is 1.00. The zero-order valence-electron chi connectivity index (χ0n) is 11.8. The summed E-state index contributed by atoms with van der Waals surface area (Å²) in [5, 5.41) is 0. The average molecular weight is 240 g/mol. The van der Waals surface area contributed by atoms with Gasteiger partial charge in [-0.1, -0.05) is 45.4 Å². The van der Waals surface area contributed by atoms with Gasteiger partial charge in [0, 0.05) is 6.04 Å². The Hall–Kier alpha value is -0.0800. The second-order valence-corrected chi connectivity index (χ2v) is 5.53. The van der Waals surface area contributed by atoms with E-state index in [1.807, 2.05) is 0 Å². The van der Waals surface area contributed by atoms with Crippen LogP contribution in [0.3, 0.4) is 0 Å². The summed E-state index contributed by atoms with van der Waals surface area (Å²) in [4.78, 5) is 2.70. The first-order valence-corrected chi connectivity index (χ1v) is 7.82. The van der Waals surface area contributed by atoms with Crippen LogP contribution in [0.1, 0.15) is 71.1 Å². The molecule has 0 bridgehead atoms. The summed E-state index contributed by atoms with van der Waals surface area (Å²) in [6.07, 6.45) is 13.9.